The van der Waals surface area contributed by atoms with Gasteiger partial charge in [0, 0.05) is 31.2 Å². The zero-order chi connectivity index (χ0) is 10.1. The van der Waals surface area contributed by atoms with Crippen LogP contribution in [0.25, 0.3) is 0 Å². The number of nitrogens with zero attached hydrogens (tertiary/aromatic N) is 1. The molecule has 2 heteroatoms. The number of likely N-dealkylation sites (tertiary alicyclic amines) is 1. The van der Waals surface area contributed by atoms with E-state index in [0.717, 1.165) is 24.5 Å². The first kappa shape index (κ1) is 10.4. The van der Waals surface area contributed by atoms with Crippen LogP contribution in [0.1, 0.15) is 40.0 Å². The van der Waals surface area contributed by atoms with Crippen molar-refractivity contribution in [3.63, 3.8) is 0 Å². The smallest absolute Gasteiger partial charge is 0.0195 e. The molecule has 1 saturated carbocycles. The fourth-order valence-electron chi connectivity index (χ4n) is 3.03. The van der Waals surface area contributed by atoms with Gasteiger partial charge in [-0.05, 0) is 32.1 Å². The van der Waals surface area contributed by atoms with Crippen molar-refractivity contribution < 1.29 is 0 Å². The Bertz CT molecular complexity index is 191. The average Bonchev–Trinajstić information content (AvgIpc) is 2.74. The van der Waals surface area contributed by atoms with Crippen LogP contribution in [0.15, 0.2) is 0 Å². The summed E-state index contributed by atoms with van der Waals surface area (Å²) >= 11 is 0. The van der Waals surface area contributed by atoms with Crippen molar-refractivity contribution in [2.45, 2.75) is 58.2 Å². The number of hydrogen-bond acceptors (Lipinski definition) is 2. The molecular weight excluding hydrogens is 172 g/mol. The van der Waals surface area contributed by atoms with Crippen LogP contribution in [-0.2, 0) is 0 Å². The van der Waals surface area contributed by atoms with E-state index in [-0.39, 0.29) is 0 Å². The first-order chi connectivity index (χ1) is 6.66. The SMILES string of the molecule is CC(C)NCC(C)N1CC2CCC1C2. The Balaban J connectivity index is 1.78. The predicted octanol–water partition coefficient (Wildman–Crippen LogP) is 1.86. The minimum atomic E-state index is 0.622. The zero-order valence-electron chi connectivity index (χ0n) is 9.79. The van der Waals surface area contributed by atoms with Crippen molar-refractivity contribution in [3.05, 3.63) is 0 Å². The summed E-state index contributed by atoms with van der Waals surface area (Å²) in [5.74, 6) is 1.03. The minimum absolute atomic E-state index is 0.622. The second-order valence-electron chi connectivity index (χ2n) is 5.44. The molecule has 0 aromatic carbocycles. The Morgan fingerprint density at radius 1 is 1.29 bits per heavy atom. The molecule has 2 rings (SSSR count). The highest BCUT2D eigenvalue weighted by Gasteiger charge is 2.39. The molecule has 0 aromatic heterocycles. The molecule has 3 atom stereocenters. The van der Waals surface area contributed by atoms with Gasteiger partial charge in [-0.25, -0.2) is 0 Å². The van der Waals surface area contributed by atoms with Crippen molar-refractivity contribution in [1.29, 1.82) is 0 Å². The average molecular weight is 196 g/mol. The van der Waals surface area contributed by atoms with Gasteiger partial charge in [-0.2, -0.15) is 0 Å². The van der Waals surface area contributed by atoms with E-state index in [0.29, 0.717) is 6.04 Å². The second-order valence-corrected chi connectivity index (χ2v) is 5.44. The summed E-state index contributed by atoms with van der Waals surface area (Å²) in [5, 5.41) is 3.54. The van der Waals surface area contributed by atoms with Crippen LogP contribution in [0.2, 0.25) is 0 Å². The van der Waals surface area contributed by atoms with Crippen LogP contribution in [0.5, 0.6) is 0 Å². The Morgan fingerprint density at radius 2 is 2.07 bits per heavy atom. The summed E-state index contributed by atoms with van der Waals surface area (Å²) in [7, 11) is 0. The summed E-state index contributed by atoms with van der Waals surface area (Å²) < 4.78 is 0. The Labute approximate surface area is 88.1 Å². The summed E-state index contributed by atoms with van der Waals surface area (Å²) in [5.41, 5.74) is 0. The van der Waals surface area contributed by atoms with Gasteiger partial charge in [-0.3, -0.25) is 4.90 Å². The molecule has 82 valence electrons. The highest BCUT2D eigenvalue weighted by Crippen LogP contribution is 2.38. The van der Waals surface area contributed by atoms with E-state index in [1.54, 1.807) is 0 Å². The van der Waals surface area contributed by atoms with Crippen molar-refractivity contribution in [2.24, 2.45) is 5.92 Å². The van der Waals surface area contributed by atoms with E-state index < -0.39 is 0 Å². The number of hydrogen-bond donors (Lipinski definition) is 1. The third kappa shape index (κ3) is 2.12. The van der Waals surface area contributed by atoms with E-state index in [1.807, 2.05) is 0 Å². The molecular formula is C12H24N2. The summed E-state index contributed by atoms with van der Waals surface area (Å²) in [4.78, 5) is 2.73. The first-order valence-electron chi connectivity index (χ1n) is 6.16. The lowest BCUT2D eigenvalue weighted by Gasteiger charge is -2.33. The standard InChI is InChI=1S/C12H24N2/c1-9(2)13-7-10(3)14-8-11-4-5-12(14)6-11/h9-13H,4-8H2,1-3H3. The van der Waals surface area contributed by atoms with Gasteiger partial charge in [0.2, 0.25) is 0 Å². The molecule has 0 radical (unpaired) electrons. The topological polar surface area (TPSA) is 15.3 Å². The van der Waals surface area contributed by atoms with Gasteiger partial charge < -0.3 is 5.32 Å². The molecule has 2 bridgehead atoms. The molecule has 1 saturated heterocycles. The molecule has 0 amide bonds. The van der Waals surface area contributed by atoms with Gasteiger partial charge >= 0.3 is 0 Å². The molecule has 1 aliphatic carbocycles. The van der Waals surface area contributed by atoms with Crippen LogP contribution in [0.4, 0.5) is 0 Å². The van der Waals surface area contributed by atoms with E-state index in [9.17, 15) is 0 Å². The largest absolute Gasteiger partial charge is 0.313 e. The van der Waals surface area contributed by atoms with Gasteiger partial charge in [0.25, 0.3) is 0 Å². The van der Waals surface area contributed by atoms with Crippen molar-refractivity contribution in [2.75, 3.05) is 13.1 Å². The molecule has 1 heterocycles. The maximum Gasteiger partial charge on any atom is 0.0195 e. The van der Waals surface area contributed by atoms with E-state index >= 15 is 0 Å². The van der Waals surface area contributed by atoms with E-state index in [4.69, 9.17) is 0 Å². The van der Waals surface area contributed by atoms with Crippen molar-refractivity contribution in [3.8, 4) is 0 Å². The molecule has 3 unspecified atom stereocenters. The Kier molecular flexibility index (Phi) is 3.13. The third-order valence-electron chi connectivity index (χ3n) is 3.84. The highest BCUT2D eigenvalue weighted by atomic mass is 15.2. The van der Waals surface area contributed by atoms with Crippen molar-refractivity contribution >= 4 is 0 Å². The van der Waals surface area contributed by atoms with Gasteiger partial charge in [-0.15, -0.1) is 0 Å². The molecule has 2 fully saturated rings. The Morgan fingerprint density at radius 3 is 2.57 bits per heavy atom. The minimum Gasteiger partial charge on any atom is -0.313 e. The van der Waals surface area contributed by atoms with Crippen LogP contribution < -0.4 is 5.32 Å². The lowest BCUT2D eigenvalue weighted by Crippen LogP contribution is -2.45. The van der Waals surface area contributed by atoms with Crippen LogP contribution >= 0.6 is 0 Å². The van der Waals surface area contributed by atoms with Crippen molar-refractivity contribution in [1.82, 2.24) is 10.2 Å². The number of rotatable bonds is 4. The fourth-order valence-corrected chi connectivity index (χ4v) is 3.03. The molecule has 1 N–H and O–H groups in total. The number of piperidine rings is 1. The Hall–Kier alpha value is -0.0800. The molecule has 0 aromatic rings. The van der Waals surface area contributed by atoms with Crippen LogP contribution in [0.3, 0.4) is 0 Å². The number of nitrogens with one attached hydrogen (secondary N) is 1. The van der Waals surface area contributed by atoms with E-state index in [1.165, 1.54) is 25.8 Å². The van der Waals surface area contributed by atoms with Gasteiger partial charge in [-0.1, -0.05) is 13.8 Å². The van der Waals surface area contributed by atoms with Gasteiger partial charge in [0.15, 0.2) is 0 Å². The second kappa shape index (κ2) is 4.19. The molecule has 0 spiro atoms. The third-order valence-corrected chi connectivity index (χ3v) is 3.84. The molecule has 1 aliphatic heterocycles. The van der Waals surface area contributed by atoms with Crippen LogP contribution in [0, 0.1) is 5.92 Å². The lowest BCUT2D eigenvalue weighted by molar-refractivity contribution is 0.155. The van der Waals surface area contributed by atoms with Gasteiger partial charge in [0.1, 0.15) is 0 Å². The zero-order valence-corrected chi connectivity index (χ0v) is 9.79. The molecule has 14 heavy (non-hydrogen) atoms. The lowest BCUT2D eigenvalue weighted by atomic mass is 10.1. The monoisotopic (exact) mass is 196 g/mol. The maximum atomic E-state index is 3.54. The first-order valence-corrected chi connectivity index (χ1v) is 6.16. The summed E-state index contributed by atoms with van der Waals surface area (Å²) in [6.07, 6.45) is 4.42. The normalized spacial score (nSPS) is 34.3. The van der Waals surface area contributed by atoms with E-state index in [2.05, 4.69) is 31.0 Å². The highest BCUT2D eigenvalue weighted by molar-refractivity contribution is 4.94. The summed E-state index contributed by atoms with van der Waals surface area (Å²) in [6.45, 7) is 9.34. The van der Waals surface area contributed by atoms with Gasteiger partial charge in [0.05, 0.1) is 0 Å². The number of fused-ring (bicyclic) bond motifs is 2. The molecule has 2 aliphatic rings. The summed E-state index contributed by atoms with van der Waals surface area (Å²) in [6, 6.07) is 2.27. The quantitative estimate of drug-likeness (QED) is 0.738. The predicted molar refractivity (Wildman–Crippen MR) is 60.4 cm³/mol. The van der Waals surface area contributed by atoms with Crippen LogP contribution in [-0.4, -0.2) is 36.1 Å². The molecule has 2 nitrogen and oxygen atoms in total. The maximum absolute atomic E-state index is 3.54. The fraction of sp³-hybridized carbons (Fsp3) is 1.00.